The molecule has 0 saturated heterocycles. The van der Waals surface area contributed by atoms with Crippen molar-refractivity contribution in [3.63, 3.8) is 0 Å². The number of rotatable bonds is 4. The Morgan fingerprint density at radius 1 is 1.57 bits per heavy atom. The number of nitrogens with zero attached hydrogens (tertiary/aromatic N) is 1. The second kappa shape index (κ2) is 5.35. The van der Waals surface area contributed by atoms with Crippen molar-refractivity contribution in [1.29, 1.82) is 0 Å². The Hall–Kier alpha value is -0.570. The molecule has 1 rings (SSSR count). The molecule has 0 amide bonds. The van der Waals surface area contributed by atoms with Crippen molar-refractivity contribution in [2.75, 3.05) is 0 Å². The van der Waals surface area contributed by atoms with Gasteiger partial charge in [-0.05, 0) is 40.4 Å². The van der Waals surface area contributed by atoms with E-state index in [9.17, 15) is 4.79 Å². The summed E-state index contributed by atoms with van der Waals surface area (Å²) in [5, 5.41) is 0. The zero-order valence-corrected chi connectivity index (χ0v) is 10.3. The van der Waals surface area contributed by atoms with E-state index in [1.807, 2.05) is 12.3 Å². The van der Waals surface area contributed by atoms with Crippen molar-refractivity contribution >= 4 is 15.9 Å². The van der Waals surface area contributed by atoms with E-state index in [0.717, 1.165) is 6.54 Å². The first-order valence-electron chi connectivity index (χ1n) is 5.00. The summed E-state index contributed by atoms with van der Waals surface area (Å²) in [6.07, 6.45) is 4.18. The summed E-state index contributed by atoms with van der Waals surface area (Å²) in [6, 6.07) is 3.67. The van der Waals surface area contributed by atoms with E-state index >= 15 is 0 Å². The van der Waals surface area contributed by atoms with Crippen LogP contribution in [0.1, 0.15) is 26.7 Å². The number of hydrogen-bond acceptors (Lipinski definition) is 1. The summed E-state index contributed by atoms with van der Waals surface area (Å²) in [6.45, 7) is 5.16. The molecule has 2 nitrogen and oxygen atoms in total. The molecule has 0 radical (unpaired) electrons. The van der Waals surface area contributed by atoms with Gasteiger partial charge in [0.1, 0.15) is 0 Å². The average molecular weight is 258 g/mol. The molecule has 0 bridgehead atoms. The zero-order valence-electron chi connectivity index (χ0n) is 8.66. The van der Waals surface area contributed by atoms with Crippen LogP contribution >= 0.6 is 15.9 Å². The van der Waals surface area contributed by atoms with Gasteiger partial charge in [0.15, 0.2) is 0 Å². The first-order chi connectivity index (χ1) is 6.65. The normalized spacial score (nSPS) is 12.8. The maximum atomic E-state index is 11.6. The highest BCUT2D eigenvalue weighted by Crippen LogP contribution is 2.08. The lowest BCUT2D eigenvalue weighted by Gasteiger charge is -2.12. The molecule has 78 valence electrons. The molecule has 0 aliphatic heterocycles. The van der Waals surface area contributed by atoms with Crippen LogP contribution in [-0.4, -0.2) is 4.57 Å². The molecule has 1 aromatic rings. The highest BCUT2D eigenvalue weighted by Gasteiger charge is 2.04. The summed E-state index contributed by atoms with van der Waals surface area (Å²) >= 11 is 3.24. The molecule has 3 heteroatoms. The lowest BCUT2D eigenvalue weighted by molar-refractivity contribution is 0.438. The first-order valence-corrected chi connectivity index (χ1v) is 5.79. The van der Waals surface area contributed by atoms with Crippen molar-refractivity contribution in [2.45, 2.75) is 33.2 Å². The van der Waals surface area contributed by atoms with E-state index in [1.165, 1.54) is 12.8 Å². The largest absolute Gasteiger partial charge is 0.314 e. The van der Waals surface area contributed by atoms with Gasteiger partial charge in [-0.15, -0.1) is 0 Å². The monoisotopic (exact) mass is 257 g/mol. The van der Waals surface area contributed by atoms with E-state index in [2.05, 4.69) is 29.8 Å². The Bertz CT molecular complexity index is 345. The Balaban J connectivity index is 2.77. The van der Waals surface area contributed by atoms with Crippen molar-refractivity contribution < 1.29 is 0 Å². The zero-order chi connectivity index (χ0) is 10.6. The van der Waals surface area contributed by atoms with Gasteiger partial charge in [-0.1, -0.05) is 20.3 Å². The van der Waals surface area contributed by atoms with Crippen molar-refractivity contribution in [2.24, 2.45) is 5.92 Å². The molecule has 1 heterocycles. The third kappa shape index (κ3) is 2.98. The van der Waals surface area contributed by atoms with Gasteiger partial charge in [0.2, 0.25) is 0 Å². The van der Waals surface area contributed by atoms with E-state index in [1.54, 1.807) is 10.6 Å². The average Bonchev–Trinajstić information content (AvgIpc) is 2.13. The fourth-order valence-electron chi connectivity index (χ4n) is 1.57. The minimum absolute atomic E-state index is 0.0652. The van der Waals surface area contributed by atoms with Gasteiger partial charge < -0.3 is 4.57 Å². The van der Waals surface area contributed by atoms with E-state index < -0.39 is 0 Å². The predicted octanol–water partition coefficient (Wildman–Crippen LogP) is 3.05. The van der Waals surface area contributed by atoms with Gasteiger partial charge in [-0.25, -0.2) is 0 Å². The fourth-order valence-corrected chi connectivity index (χ4v) is 1.95. The van der Waals surface area contributed by atoms with Gasteiger partial charge in [0.05, 0.1) is 4.47 Å². The number of aromatic nitrogens is 1. The van der Waals surface area contributed by atoms with Crippen LogP contribution < -0.4 is 5.56 Å². The molecular weight excluding hydrogens is 242 g/mol. The summed E-state index contributed by atoms with van der Waals surface area (Å²) in [4.78, 5) is 11.6. The molecule has 0 N–H and O–H groups in total. The van der Waals surface area contributed by atoms with Crippen LogP contribution in [0.25, 0.3) is 0 Å². The van der Waals surface area contributed by atoms with Crippen LogP contribution in [0.3, 0.4) is 0 Å². The third-order valence-corrected chi connectivity index (χ3v) is 2.87. The Labute approximate surface area is 93.1 Å². The van der Waals surface area contributed by atoms with Gasteiger partial charge >= 0.3 is 0 Å². The predicted molar refractivity (Wildman–Crippen MR) is 62.5 cm³/mol. The molecule has 0 saturated carbocycles. The Morgan fingerprint density at radius 3 is 2.93 bits per heavy atom. The van der Waals surface area contributed by atoms with Gasteiger partial charge in [-0.3, -0.25) is 4.79 Å². The van der Waals surface area contributed by atoms with E-state index in [4.69, 9.17) is 0 Å². The molecule has 1 aromatic heterocycles. The van der Waals surface area contributed by atoms with Crippen LogP contribution in [0, 0.1) is 5.92 Å². The molecule has 1 unspecified atom stereocenters. The molecule has 0 aliphatic carbocycles. The Kier molecular flexibility index (Phi) is 4.39. The van der Waals surface area contributed by atoms with E-state index in [-0.39, 0.29) is 5.56 Å². The summed E-state index contributed by atoms with van der Waals surface area (Å²) in [5.74, 6) is 0.562. The van der Waals surface area contributed by atoms with Crippen molar-refractivity contribution in [1.82, 2.24) is 4.57 Å². The highest BCUT2D eigenvalue weighted by atomic mass is 79.9. The standard InChI is InChI=1S/C11H16BrNO/c1-3-5-9(2)8-13-7-4-6-10(12)11(13)14/h4,6-7,9H,3,5,8H2,1-2H3. The fraction of sp³-hybridized carbons (Fsp3) is 0.545. The van der Waals surface area contributed by atoms with Crippen LogP contribution in [0.2, 0.25) is 0 Å². The molecular formula is C11H16BrNO. The lowest BCUT2D eigenvalue weighted by atomic mass is 10.1. The van der Waals surface area contributed by atoms with Crippen molar-refractivity contribution in [3.05, 3.63) is 33.2 Å². The Morgan fingerprint density at radius 2 is 2.29 bits per heavy atom. The van der Waals surface area contributed by atoms with Gasteiger partial charge in [0.25, 0.3) is 5.56 Å². The maximum Gasteiger partial charge on any atom is 0.264 e. The van der Waals surface area contributed by atoms with Gasteiger partial charge in [-0.2, -0.15) is 0 Å². The van der Waals surface area contributed by atoms with Gasteiger partial charge in [0, 0.05) is 12.7 Å². The second-order valence-electron chi connectivity index (χ2n) is 3.71. The van der Waals surface area contributed by atoms with Crippen LogP contribution in [0.15, 0.2) is 27.6 Å². The molecule has 14 heavy (non-hydrogen) atoms. The van der Waals surface area contributed by atoms with Crippen LogP contribution in [0.5, 0.6) is 0 Å². The first kappa shape index (κ1) is 11.5. The minimum Gasteiger partial charge on any atom is -0.314 e. The van der Waals surface area contributed by atoms with Crippen molar-refractivity contribution in [3.8, 4) is 0 Å². The van der Waals surface area contributed by atoms with E-state index in [0.29, 0.717) is 10.4 Å². The SMILES string of the molecule is CCCC(C)Cn1cccc(Br)c1=O. The summed E-state index contributed by atoms with van der Waals surface area (Å²) in [5.41, 5.74) is 0.0652. The molecule has 0 fully saturated rings. The molecule has 0 aromatic carbocycles. The molecule has 0 spiro atoms. The third-order valence-electron chi connectivity index (χ3n) is 2.26. The number of pyridine rings is 1. The summed E-state index contributed by atoms with van der Waals surface area (Å²) in [7, 11) is 0. The lowest BCUT2D eigenvalue weighted by Crippen LogP contribution is -2.22. The quantitative estimate of drug-likeness (QED) is 0.813. The maximum absolute atomic E-state index is 11.6. The molecule has 0 aliphatic rings. The van der Waals surface area contributed by atoms with Crippen LogP contribution in [0.4, 0.5) is 0 Å². The van der Waals surface area contributed by atoms with Crippen LogP contribution in [-0.2, 0) is 6.54 Å². The molecule has 1 atom stereocenters. The summed E-state index contributed by atoms with van der Waals surface area (Å²) < 4.78 is 2.41. The topological polar surface area (TPSA) is 22.0 Å². The number of halogens is 1. The minimum atomic E-state index is 0.0652. The smallest absolute Gasteiger partial charge is 0.264 e. The second-order valence-corrected chi connectivity index (χ2v) is 4.56. The number of hydrogen-bond donors (Lipinski definition) is 0. The highest BCUT2D eigenvalue weighted by molar-refractivity contribution is 9.10.